The van der Waals surface area contributed by atoms with E-state index in [1.54, 1.807) is 0 Å². The summed E-state index contributed by atoms with van der Waals surface area (Å²) >= 11 is 1.94. The van der Waals surface area contributed by atoms with Crippen LogP contribution in [0.2, 0.25) is 0 Å². The Balaban J connectivity index is 2.16. The van der Waals surface area contributed by atoms with E-state index in [0.717, 1.165) is 18.1 Å². The predicted octanol–water partition coefficient (Wildman–Crippen LogP) is 2.45. The second kappa shape index (κ2) is 7.39. The van der Waals surface area contributed by atoms with Gasteiger partial charge < -0.3 is 5.32 Å². The zero-order valence-electron chi connectivity index (χ0n) is 9.12. The van der Waals surface area contributed by atoms with Crippen molar-refractivity contribution in [1.29, 1.82) is 0 Å². The summed E-state index contributed by atoms with van der Waals surface area (Å²) in [7, 11) is 0. The molecule has 0 aliphatic rings. The lowest BCUT2D eigenvalue weighted by molar-refractivity contribution is 0.818. The van der Waals surface area contributed by atoms with Crippen molar-refractivity contribution in [2.75, 3.05) is 18.8 Å². The molecule has 0 bridgehead atoms. The fraction of sp³-hybridized carbons (Fsp3) is 0.385. The summed E-state index contributed by atoms with van der Waals surface area (Å²) in [5, 5.41) is 3.18. The van der Waals surface area contributed by atoms with Crippen LogP contribution in [-0.4, -0.2) is 18.8 Å². The SMILES string of the molecule is C#CCNCCSCc1ccccc1C. The highest BCUT2D eigenvalue weighted by atomic mass is 32.2. The highest BCUT2D eigenvalue weighted by molar-refractivity contribution is 7.98. The van der Waals surface area contributed by atoms with Crippen molar-refractivity contribution in [3.05, 3.63) is 35.4 Å². The van der Waals surface area contributed by atoms with Gasteiger partial charge in [-0.3, -0.25) is 0 Å². The Bertz CT molecular complexity index is 328. The summed E-state index contributed by atoms with van der Waals surface area (Å²) in [6.45, 7) is 3.82. The lowest BCUT2D eigenvalue weighted by atomic mass is 10.1. The standard InChI is InChI=1S/C13H17NS/c1-3-8-14-9-10-15-11-13-7-5-4-6-12(13)2/h1,4-7,14H,8-11H2,2H3. The summed E-state index contributed by atoms with van der Waals surface area (Å²) in [4.78, 5) is 0. The third kappa shape index (κ3) is 4.92. The van der Waals surface area contributed by atoms with Gasteiger partial charge in [0.1, 0.15) is 0 Å². The Hall–Kier alpha value is -0.910. The molecule has 0 radical (unpaired) electrons. The van der Waals surface area contributed by atoms with Gasteiger partial charge in [0.05, 0.1) is 6.54 Å². The normalized spacial score (nSPS) is 9.87. The van der Waals surface area contributed by atoms with Gasteiger partial charge in [0.15, 0.2) is 0 Å². The van der Waals surface area contributed by atoms with Gasteiger partial charge in [-0.15, -0.1) is 6.42 Å². The first-order valence-electron chi connectivity index (χ1n) is 5.11. The maximum absolute atomic E-state index is 5.13. The molecule has 1 aromatic carbocycles. The van der Waals surface area contributed by atoms with E-state index in [1.807, 2.05) is 11.8 Å². The third-order valence-corrected chi connectivity index (χ3v) is 3.18. The topological polar surface area (TPSA) is 12.0 Å². The first kappa shape index (κ1) is 12.2. The molecule has 0 aliphatic heterocycles. The van der Waals surface area contributed by atoms with Crippen LogP contribution in [-0.2, 0) is 5.75 Å². The van der Waals surface area contributed by atoms with Crippen LogP contribution in [0.1, 0.15) is 11.1 Å². The number of hydrogen-bond donors (Lipinski definition) is 1. The predicted molar refractivity (Wildman–Crippen MR) is 69.0 cm³/mol. The zero-order chi connectivity index (χ0) is 10.9. The van der Waals surface area contributed by atoms with Crippen molar-refractivity contribution < 1.29 is 0 Å². The molecule has 0 fully saturated rings. The van der Waals surface area contributed by atoms with Crippen molar-refractivity contribution in [2.24, 2.45) is 0 Å². The molecule has 0 aliphatic carbocycles. The smallest absolute Gasteiger partial charge is 0.0574 e. The van der Waals surface area contributed by atoms with Gasteiger partial charge in [-0.05, 0) is 18.1 Å². The number of aryl methyl sites for hydroxylation is 1. The lowest BCUT2D eigenvalue weighted by Gasteiger charge is -2.05. The maximum Gasteiger partial charge on any atom is 0.0574 e. The Labute approximate surface area is 96.7 Å². The highest BCUT2D eigenvalue weighted by Crippen LogP contribution is 2.14. The van der Waals surface area contributed by atoms with Crippen LogP contribution in [0.3, 0.4) is 0 Å². The van der Waals surface area contributed by atoms with Crippen LogP contribution < -0.4 is 5.32 Å². The van der Waals surface area contributed by atoms with E-state index in [0.29, 0.717) is 6.54 Å². The average molecular weight is 219 g/mol. The molecular weight excluding hydrogens is 202 g/mol. The van der Waals surface area contributed by atoms with E-state index in [1.165, 1.54) is 11.1 Å². The van der Waals surface area contributed by atoms with Crippen molar-refractivity contribution in [2.45, 2.75) is 12.7 Å². The van der Waals surface area contributed by atoms with E-state index >= 15 is 0 Å². The van der Waals surface area contributed by atoms with Crippen molar-refractivity contribution >= 4 is 11.8 Å². The molecule has 0 heterocycles. The quantitative estimate of drug-likeness (QED) is 0.582. The fourth-order valence-electron chi connectivity index (χ4n) is 1.26. The lowest BCUT2D eigenvalue weighted by Crippen LogP contribution is -2.17. The van der Waals surface area contributed by atoms with Gasteiger partial charge >= 0.3 is 0 Å². The number of nitrogens with one attached hydrogen (secondary N) is 1. The number of benzene rings is 1. The van der Waals surface area contributed by atoms with Crippen LogP contribution >= 0.6 is 11.8 Å². The number of terminal acetylenes is 1. The molecule has 15 heavy (non-hydrogen) atoms. The highest BCUT2D eigenvalue weighted by Gasteiger charge is 1.96. The molecule has 1 rings (SSSR count). The minimum absolute atomic E-state index is 0.672. The molecule has 0 atom stereocenters. The van der Waals surface area contributed by atoms with E-state index in [4.69, 9.17) is 6.42 Å². The zero-order valence-corrected chi connectivity index (χ0v) is 9.94. The Morgan fingerprint density at radius 2 is 2.20 bits per heavy atom. The van der Waals surface area contributed by atoms with Crippen LogP contribution in [0, 0.1) is 19.3 Å². The summed E-state index contributed by atoms with van der Waals surface area (Å²) in [6, 6.07) is 8.53. The van der Waals surface area contributed by atoms with Crippen LogP contribution in [0.25, 0.3) is 0 Å². The molecule has 1 aromatic rings. The number of thioether (sulfide) groups is 1. The second-order valence-corrected chi connectivity index (χ2v) is 4.47. The van der Waals surface area contributed by atoms with E-state index in [9.17, 15) is 0 Å². The molecule has 0 spiro atoms. The Morgan fingerprint density at radius 3 is 2.93 bits per heavy atom. The Morgan fingerprint density at radius 1 is 1.40 bits per heavy atom. The van der Waals surface area contributed by atoms with Gasteiger partial charge in [0.2, 0.25) is 0 Å². The van der Waals surface area contributed by atoms with E-state index in [2.05, 4.69) is 42.4 Å². The molecule has 1 N–H and O–H groups in total. The maximum atomic E-state index is 5.13. The summed E-state index contributed by atoms with van der Waals surface area (Å²) in [5.41, 5.74) is 2.81. The number of hydrogen-bond acceptors (Lipinski definition) is 2. The molecule has 0 saturated heterocycles. The Kier molecular flexibility index (Phi) is 5.99. The number of rotatable bonds is 6. The van der Waals surface area contributed by atoms with E-state index in [-0.39, 0.29) is 0 Å². The van der Waals surface area contributed by atoms with Crippen molar-refractivity contribution in [1.82, 2.24) is 5.32 Å². The fourth-order valence-corrected chi connectivity index (χ4v) is 2.24. The summed E-state index contributed by atoms with van der Waals surface area (Å²) in [6.07, 6.45) is 5.13. The minimum atomic E-state index is 0.672. The second-order valence-electron chi connectivity index (χ2n) is 3.36. The molecule has 1 nitrogen and oxygen atoms in total. The summed E-state index contributed by atoms with van der Waals surface area (Å²) in [5.74, 6) is 4.76. The molecule has 2 heteroatoms. The molecule has 0 unspecified atom stereocenters. The van der Waals surface area contributed by atoms with Crippen LogP contribution in [0.4, 0.5) is 0 Å². The first-order chi connectivity index (χ1) is 7.34. The minimum Gasteiger partial charge on any atom is -0.305 e. The molecular formula is C13H17NS. The van der Waals surface area contributed by atoms with Gasteiger partial charge in [-0.1, -0.05) is 30.2 Å². The van der Waals surface area contributed by atoms with Crippen LogP contribution in [0.15, 0.2) is 24.3 Å². The molecule has 0 amide bonds. The first-order valence-corrected chi connectivity index (χ1v) is 6.26. The van der Waals surface area contributed by atoms with Crippen LogP contribution in [0.5, 0.6) is 0 Å². The van der Waals surface area contributed by atoms with Gasteiger partial charge in [-0.25, -0.2) is 0 Å². The largest absolute Gasteiger partial charge is 0.305 e. The summed E-state index contributed by atoms with van der Waals surface area (Å²) < 4.78 is 0. The van der Waals surface area contributed by atoms with Gasteiger partial charge in [-0.2, -0.15) is 11.8 Å². The molecule has 0 aromatic heterocycles. The van der Waals surface area contributed by atoms with E-state index < -0.39 is 0 Å². The monoisotopic (exact) mass is 219 g/mol. The van der Waals surface area contributed by atoms with Crippen molar-refractivity contribution in [3.8, 4) is 12.3 Å². The average Bonchev–Trinajstić information content (AvgIpc) is 2.25. The van der Waals surface area contributed by atoms with Gasteiger partial charge in [0, 0.05) is 18.1 Å². The molecule has 0 saturated carbocycles. The van der Waals surface area contributed by atoms with Crippen molar-refractivity contribution in [3.63, 3.8) is 0 Å². The third-order valence-electron chi connectivity index (χ3n) is 2.17. The van der Waals surface area contributed by atoms with Gasteiger partial charge in [0.25, 0.3) is 0 Å². The molecule has 80 valence electrons.